The van der Waals surface area contributed by atoms with E-state index in [1.165, 1.54) is 44.1 Å². The van der Waals surface area contributed by atoms with Gasteiger partial charge < -0.3 is 93.0 Å². The van der Waals surface area contributed by atoms with Crippen molar-refractivity contribution in [3.8, 4) is 0 Å². The van der Waals surface area contributed by atoms with Gasteiger partial charge in [0, 0.05) is 47.2 Å². The Morgan fingerprint density at radius 2 is 0.553 bits per heavy atom. The predicted octanol–water partition coefficient (Wildman–Crippen LogP) is 6.46. The van der Waals surface area contributed by atoms with E-state index in [9.17, 15) is 9.59 Å². The van der Waals surface area contributed by atoms with Crippen molar-refractivity contribution in [2.75, 3.05) is 84.9 Å². The van der Waals surface area contributed by atoms with E-state index in [-0.39, 0.29) is 103 Å². The third kappa shape index (κ3) is 18.1. The van der Waals surface area contributed by atoms with Crippen LogP contribution in [0.5, 0.6) is 0 Å². The fraction of sp³-hybridized carbons (Fsp3) is 0.441. The zero-order chi connectivity index (χ0) is 68.2. The molecule has 6 aromatic carbocycles. The molecule has 6 atom stereocenters. The maximum atomic E-state index is 11.0. The summed E-state index contributed by atoms with van der Waals surface area (Å²) >= 11 is 0. The average Bonchev–Trinajstić information content (AvgIpc) is 1.71. The smallest absolute Gasteiger partial charge is 0.326 e. The molecule has 20 nitrogen and oxygen atoms in total. The lowest BCUT2D eigenvalue weighted by molar-refractivity contribution is -0.116. The van der Waals surface area contributed by atoms with Crippen LogP contribution >= 0.6 is 0 Å². The lowest BCUT2D eigenvalue weighted by Crippen LogP contribution is -2.29. The molecule has 94 heavy (non-hydrogen) atoms. The summed E-state index contributed by atoms with van der Waals surface area (Å²) in [4.78, 5) is 22.0. The molecule has 6 aliphatic heterocycles. The molecule has 0 fully saturated rings. The normalized spacial score (nSPS) is 18.7. The summed E-state index contributed by atoms with van der Waals surface area (Å²) < 4.78 is 35.0. The van der Waals surface area contributed by atoms with E-state index in [0.717, 1.165) is 81.9 Å². The molecule has 0 aromatic heterocycles. The molecule has 0 saturated carbocycles. The molecule has 0 saturated heterocycles. The number of aliphatic hydroxyl groups is 2. The van der Waals surface area contributed by atoms with Crippen molar-refractivity contribution in [3.63, 3.8) is 0 Å². The number of carbonyl (C=O) groups is 2. The summed E-state index contributed by atoms with van der Waals surface area (Å²) in [6.45, 7) is 27.1. The van der Waals surface area contributed by atoms with Gasteiger partial charge in [-0.25, -0.2) is 0 Å². The van der Waals surface area contributed by atoms with Crippen LogP contribution < -0.4 is 87.6 Å². The van der Waals surface area contributed by atoms with E-state index in [0.29, 0.717) is 39.5 Å². The number of rotatable bonds is 20. The Bertz CT molecular complexity index is 3080. The number of ketones is 2. The van der Waals surface area contributed by atoms with Gasteiger partial charge in [0.2, 0.25) is 0 Å². The van der Waals surface area contributed by atoms with E-state index < -0.39 is 0 Å². The fourth-order valence-electron chi connectivity index (χ4n) is 13.6. The van der Waals surface area contributed by atoms with Gasteiger partial charge in [-0.3, -0.25) is 9.59 Å². The van der Waals surface area contributed by atoms with Crippen LogP contribution in [0.2, 0.25) is 40.9 Å². The first-order valence-electron chi connectivity index (χ1n) is 33.5. The Balaban J connectivity index is 0.000000160. The number of hydrogen-bond donors (Lipinski definition) is 12. The summed E-state index contributed by atoms with van der Waals surface area (Å²) in [5, 5.41) is 36.4. The Kier molecular flexibility index (Phi) is 29.0. The topological polar surface area (TPSA) is 306 Å². The zero-order valence-corrected chi connectivity index (χ0v) is 57.3. The third-order valence-corrected chi connectivity index (χ3v) is 17.7. The Morgan fingerprint density at radius 1 is 0.351 bits per heavy atom. The van der Waals surface area contributed by atoms with Gasteiger partial charge in [-0.15, -0.1) is 0 Å². The molecule has 16 N–H and O–H groups in total. The predicted molar refractivity (Wildman–Crippen MR) is 394 cm³/mol. The maximum absolute atomic E-state index is 11.0. The van der Waals surface area contributed by atoms with Crippen LogP contribution in [0.15, 0.2) is 109 Å². The number of hydrogen-bond acceptors (Lipinski definition) is 20. The van der Waals surface area contributed by atoms with Gasteiger partial charge in [0.05, 0.1) is 63.1 Å². The van der Waals surface area contributed by atoms with Crippen molar-refractivity contribution in [1.82, 2.24) is 0 Å². The summed E-state index contributed by atoms with van der Waals surface area (Å²) in [6, 6.07) is 36.6. The van der Waals surface area contributed by atoms with Gasteiger partial charge in [-0.05, 0) is 142 Å². The van der Waals surface area contributed by atoms with Gasteiger partial charge >= 0.3 is 41.5 Å². The van der Waals surface area contributed by atoms with Gasteiger partial charge in [0.1, 0.15) is 25.0 Å². The second kappa shape index (κ2) is 36.5. The summed E-state index contributed by atoms with van der Waals surface area (Å²) in [7, 11) is 0. The number of Topliss-reactive ketones (excluding diaryl/α,β-unsaturated/α-hetero) is 2. The van der Waals surface area contributed by atoms with E-state index in [2.05, 4.69) is 135 Å². The Morgan fingerprint density at radius 3 is 0.745 bits per heavy atom. The summed E-state index contributed by atoms with van der Waals surface area (Å²) in [5.74, 6) is 0.231. The number of carbonyl (C=O) groups excluding carboxylic acids is 2. The molecule has 12 rings (SSSR count). The van der Waals surface area contributed by atoms with Crippen LogP contribution in [0.25, 0.3) is 0 Å². The lowest BCUT2D eigenvalue weighted by atomic mass is 9.63. The molecule has 500 valence electrons. The standard InChI is InChI=1S/2C12H17BN2O2.2C11H17BN2O.2C11H16BNO2/c2*1-8(16)7-15-10-5-3-4-9-11(6-14)17-13(2)12(9)10;2*1-3-10-8-5-4-6-9(14-7-13)11(8)12(2)15-10;2*1-3-10-8-5-4-6-9(13-7-14)11(8)12(2)15-10/h2*3-5,11,15H,6-7,14H2,1-2H3;2*4-6,10,14H,3,7,13H2,1-2H3;2*4-6,10,13-14H,3,7H2,1-2H3/t2*11-;4*10-/m101010/s1. The first-order valence-corrected chi connectivity index (χ1v) is 33.5. The quantitative estimate of drug-likeness (QED) is 0.0288. The van der Waals surface area contributed by atoms with E-state index in [1.807, 2.05) is 74.3 Å². The molecule has 0 spiro atoms. The molecular formula is C68H100B6N10O10. The minimum absolute atomic E-state index is 0.0224. The fourth-order valence-corrected chi connectivity index (χ4v) is 13.6. The SMILES string of the molecule is CB1O[C@@H](CN)c2cccc(NCC(C)=O)c21.CB1O[C@H](CN)c2cccc(NCC(C)=O)c21.CC[C@@H]1OB(C)c2c(NCN)cccc21.CC[C@@H]1OB(C)c2c(NCO)cccc21.CC[C@H]1OB(C)c2c(NCN)cccc21.CC[C@H]1OB(C)c2c(NCO)cccc21. The van der Waals surface area contributed by atoms with Crippen molar-refractivity contribution in [2.45, 2.75) is 145 Å². The third-order valence-electron chi connectivity index (χ3n) is 17.7. The molecule has 0 unspecified atom stereocenters. The van der Waals surface area contributed by atoms with Gasteiger partial charge in [0.15, 0.2) is 0 Å². The maximum Gasteiger partial charge on any atom is 0.326 e. The number of anilines is 6. The van der Waals surface area contributed by atoms with Crippen LogP contribution in [-0.4, -0.2) is 116 Å². The zero-order valence-electron chi connectivity index (χ0n) is 57.3. The van der Waals surface area contributed by atoms with E-state index in [4.69, 9.17) is 61.1 Å². The van der Waals surface area contributed by atoms with Crippen molar-refractivity contribution in [1.29, 1.82) is 0 Å². The molecule has 0 radical (unpaired) electrons. The second-order valence-electron chi connectivity index (χ2n) is 24.1. The largest absolute Gasteiger partial charge is 0.424 e. The van der Waals surface area contributed by atoms with Gasteiger partial charge in [0.25, 0.3) is 0 Å². The molecule has 6 aliphatic rings. The van der Waals surface area contributed by atoms with Crippen molar-refractivity contribution in [2.24, 2.45) is 22.9 Å². The number of fused-ring (bicyclic) bond motifs is 6. The molecule has 0 bridgehead atoms. The van der Waals surface area contributed by atoms with E-state index >= 15 is 0 Å². The van der Waals surface area contributed by atoms with Crippen molar-refractivity contribution < 1.29 is 47.7 Å². The highest BCUT2D eigenvalue weighted by molar-refractivity contribution is 6.71. The number of aliphatic hydroxyl groups excluding tert-OH is 2. The molecule has 0 amide bonds. The van der Waals surface area contributed by atoms with Crippen LogP contribution in [0.4, 0.5) is 34.1 Å². The molecule has 6 heterocycles. The molecule has 6 aromatic rings. The van der Waals surface area contributed by atoms with Crippen molar-refractivity contribution in [3.05, 3.63) is 143 Å². The highest BCUT2D eigenvalue weighted by Crippen LogP contribution is 2.34. The highest BCUT2D eigenvalue weighted by Gasteiger charge is 2.38. The van der Waals surface area contributed by atoms with Gasteiger partial charge in [-0.2, -0.15) is 0 Å². The molecular weight excluding hydrogens is 1180 g/mol. The lowest BCUT2D eigenvalue weighted by Gasteiger charge is -2.11. The summed E-state index contributed by atoms with van der Waals surface area (Å²) in [5.41, 5.74) is 43.1. The molecule has 0 aliphatic carbocycles. The average molecular weight is 1280 g/mol. The van der Waals surface area contributed by atoms with Crippen LogP contribution in [0.1, 0.15) is 137 Å². The Labute approximate surface area is 560 Å². The monoisotopic (exact) mass is 1280 g/mol. The first kappa shape index (κ1) is 74.8. The second-order valence-corrected chi connectivity index (χ2v) is 24.1. The number of nitrogens with two attached hydrogens (primary N) is 4. The molecule has 26 heteroatoms. The summed E-state index contributed by atoms with van der Waals surface area (Å²) in [6.07, 6.45) is 4.85. The highest BCUT2D eigenvalue weighted by atomic mass is 16.5. The minimum Gasteiger partial charge on any atom is -0.424 e. The number of nitrogens with one attached hydrogen (secondary N) is 6. The van der Waals surface area contributed by atoms with Crippen molar-refractivity contribution >= 4 is 120 Å². The first-order chi connectivity index (χ1) is 45.4. The van der Waals surface area contributed by atoms with Crippen LogP contribution in [-0.2, 0) is 37.5 Å². The minimum atomic E-state index is -0.0417. The van der Waals surface area contributed by atoms with Gasteiger partial charge in [-0.1, -0.05) is 141 Å². The van der Waals surface area contributed by atoms with E-state index in [1.54, 1.807) is 13.8 Å². The van der Waals surface area contributed by atoms with Crippen LogP contribution in [0.3, 0.4) is 0 Å². The Hall–Kier alpha value is -6.63. The number of benzene rings is 6. The van der Waals surface area contributed by atoms with Crippen LogP contribution in [0, 0.1) is 0 Å².